The van der Waals surface area contributed by atoms with Crippen molar-refractivity contribution in [2.45, 2.75) is 25.9 Å². The van der Waals surface area contributed by atoms with E-state index >= 15 is 0 Å². The fourth-order valence-electron chi connectivity index (χ4n) is 1.90. The van der Waals surface area contributed by atoms with Crippen molar-refractivity contribution in [2.24, 2.45) is 5.92 Å². The van der Waals surface area contributed by atoms with E-state index in [2.05, 4.69) is 0 Å². The molecule has 2 rings (SSSR count). The summed E-state index contributed by atoms with van der Waals surface area (Å²) in [6.45, 7) is 1.63. The molecule has 102 valence electrons. The van der Waals surface area contributed by atoms with Crippen molar-refractivity contribution in [3.8, 4) is 5.75 Å². The third-order valence-electron chi connectivity index (χ3n) is 3.11. The van der Waals surface area contributed by atoms with E-state index in [4.69, 9.17) is 9.47 Å². The monoisotopic (exact) mass is 265 g/mol. The number of hydrogen-bond donors (Lipinski definition) is 0. The molecule has 0 aliphatic heterocycles. The number of esters is 1. The van der Waals surface area contributed by atoms with E-state index in [-0.39, 0.29) is 11.6 Å². The van der Waals surface area contributed by atoms with Crippen LogP contribution in [-0.4, -0.2) is 24.1 Å². The number of carbonyl (C=O) groups excluding carboxylic acids is 1. The molecule has 1 saturated carbocycles. The molecule has 1 aromatic rings. The van der Waals surface area contributed by atoms with Crippen molar-refractivity contribution in [2.75, 3.05) is 7.11 Å². The van der Waals surface area contributed by atoms with Crippen LogP contribution in [0.25, 0.3) is 0 Å². The van der Waals surface area contributed by atoms with Gasteiger partial charge in [0.1, 0.15) is 5.75 Å². The lowest BCUT2D eigenvalue weighted by Gasteiger charge is -2.16. The number of ether oxygens (including phenoxy) is 2. The van der Waals surface area contributed by atoms with Crippen LogP contribution in [0.3, 0.4) is 0 Å². The maximum Gasteiger partial charge on any atom is 0.347 e. The smallest absolute Gasteiger partial charge is 0.347 e. The molecule has 0 radical (unpaired) electrons. The summed E-state index contributed by atoms with van der Waals surface area (Å²) in [5.41, 5.74) is 0.537. The Morgan fingerprint density at radius 2 is 2.16 bits per heavy atom. The number of hydrogen-bond acceptors (Lipinski definition) is 5. The van der Waals surface area contributed by atoms with Crippen LogP contribution in [0.15, 0.2) is 18.2 Å². The first-order valence-corrected chi connectivity index (χ1v) is 6.02. The summed E-state index contributed by atoms with van der Waals surface area (Å²) in [5, 5.41) is 10.7. The predicted molar refractivity (Wildman–Crippen MR) is 67.0 cm³/mol. The number of rotatable bonds is 5. The van der Waals surface area contributed by atoms with Crippen molar-refractivity contribution in [1.29, 1.82) is 0 Å². The number of aryl methyl sites for hydroxylation is 1. The highest BCUT2D eigenvalue weighted by atomic mass is 16.6. The van der Waals surface area contributed by atoms with Crippen LogP contribution < -0.4 is 4.74 Å². The molecule has 1 atom stereocenters. The molecule has 0 amide bonds. The first-order valence-electron chi connectivity index (χ1n) is 6.02. The molecule has 0 bridgehead atoms. The minimum Gasteiger partial charge on any atom is -0.478 e. The Morgan fingerprint density at radius 3 is 2.63 bits per heavy atom. The largest absolute Gasteiger partial charge is 0.478 e. The van der Waals surface area contributed by atoms with Crippen molar-refractivity contribution in [1.82, 2.24) is 0 Å². The van der Waals surface area contributed by atoms with Crippen LogP contribution >= 0.6 is 0 Å². The van der Waals surface area contributed by atoms with E-state index in [0.29, 0.717) is 11.3 Å². The fourth-order valence-corrected chi connectivity index (χ4v) is 1.90. The van der Waals surface area contributed by atoms with E-state index in [1.165, 1.54) is 19.2 Å². The quantitative estimate of drug-likeness (QED) is 0.463. The number of benzene rings is 1. The lowest BCUT2D eigenvalue weighted by molar-refractivity contribution is -0.385. The van der Waals surface area contributed by atoms with E-state index in [1.807, 2.05) is 0 Å². The second kappa shape index (κ2) is 5.26. The summed E-state index contributed by atoms with van der Waals surface area (Å²) < 4.78 is 10.3. The van der Waals surface area contributed by atoms with Crippen LogP contribution in [0.4, 0.5) is 5.69 Å². The molecular formula is C13H15NO5. The summed E-state index contributed by atoms with van der Waals surface area (Å²) >= 11 is 0. The minimum atomic E-state index is -0.620. The van der Waals surface area contributed by atoms with E-state index in [9.17, 15) is 14.9 Å². The standard InChI is InChI=1S/C13H15NO5/c1-8-7-10(5-6-11(8)14(16)17)19-12(9-3-4-9)13(15)18-2/h5-7,9,12H,3-4H2,1-2H3. The zero-order valence-electron chi connectivity index (χ0n) is 10.8. The van der Waals surface area contributed by atoms with Crippen LogP contribution in [0, 0.1) is 23.0 Å². The molecule has 0 aromatic heterocycles. The van der Waals surface area contributed by atoms with Gasteiger partial charge in [-0.25, -0.2) is 4.79 Å². The zero-order valence-corrected chi connectivity index (χ0v) is 10.8. The molecular weight excluding hydrogens is 250 g/mol. The lowest BCUT2D eigenvalue weighted by atomic mass is 10.2. The van der Waals surface area contributed by atoms with Gasteiger partial charge in [0.25, 0.3) is 5.69 Å². The average Bonchev–Trinajstić information content (AvgIpc) is 3.19. The zero-order chi connectivity index (χ0) is 14.0. The van der Waals surface area contributed by atoms with Crippen LogP contribution in [0.1, 0.15) is 18.4 Å². The number of nitro benzene ring substituents is 1. The Bertz CT molecular complexity index is 510. The van der Waals surface area contributed by atoms with Gasteiger partial charge in [-0.3, -0.25) is 10.1 Å². The highest BCUT2D eigenvalue weighted by Gasteiger charge is 2.39. The van der Waals surface area contributed by atoms with Gasteiger partial charge in [-0.2, -0.15) is 0 Å². The molecule has 6 nitrogen and oxygen atoms in total. The fraction of sp³-hybridized carbons (Fsp3) is 0.462. The minimum absolute atomic E-state index is 0.0355. The van der Waals surface area contributed by atoms with Gasteiger partial charge >= 0.3 is 5.97 Å². The normalized spacial score (nSPS) is 15.7. The molecule has 1 unspecified atom stereocenters. The van der Waals surface area contributed by atoms with Crippen LogP contribution in [0.2, 0.25) is 0 Å². The number of carbonyl (C=O) groups is 1. The highest BCUT2D eigenvalue weighted by molar-refractivity contribution is 5.75. The summed E-state index contributed by atoms with van der Waals surface area (Å²) in [6.07, 6.45) is 1.25. The average molecular weight is 265 g/mol. The number of methoxy groups -OCH3 is 1. The van der Waals surface area contributed by atoms with E-state index in [1.54, 1.807) is 13.0 Å². The summed E-state index contributed by atoms with van der Waals surface area (Å²) in [4.78, 5) is 21.9. The second-order valence-electron chi connectivity index (χ2n) is 4.60. The molecule has 1 aromatic carbocycles. The third-order valence-corrected chi connectivity index (χ3v) is 3.11. The second-order valence-corrected chi connectivity index (χ2v) is 4.60. The molecule has 0 spiro atoms. The molecule has 0 saturated heterocycles. The Balaban J connectivity index is 2.15. The van der Waals surface area contributed by atoms with Gasteiger partial charge in [-0.05, 0) is 31.9 Å². The summed E-state index contributed by atoms with van der Waals surface area (Å²) in [5.74, 6) is 0.229. The molecule has 0 heterocycles. The molecule has 6 heteroatoms. The molecule has 1 aliphatic carbocycles. The SMILES string of the molecule is COC(=O)C(Oc1ccc([N+](=O)[O-])c(C)c1)C1CC1. The van der Waals surface area contributed by atoms with Gasteiger partial charge in [0.05, 0.1) is 12.0 Å². The Kier molecular flexibility index (Phi) is 3.69. The first kappa shape index (κ1) is 13.3. The maximum atomic E-state index is 11.6. The van der Waals surface area contributed by atoms with Gasteiger partial charge in [-0.15, -0.1) is 0 Å². The van der Waals surface area contributed by atoms with Crippen molar-refractivity contribution in [3.05, 3.63) is 33.9 Å². The Labute approximate surface area is 110 Å². The van der Waals surface area contributed by atoms with Crippen LogP contribution in [-0.2, 0) is 9.53 Å². The highest BCUT2D eigenvalue weighted by Crippen LogP contribution is 2.36. The summed E-state index contributed by atoms with van der Waals surface area (Å²) in [7, 11) is 1.32. The van der Waals surface area contributed by atoms with Crippen molar-refractivity contribution < 1.29 is 19.2 Å². The molecule has 1 fully saturated rings. The third kappa shape index (κ3) is 3.01. The first-order chi connectivity index (χ1) is 9.02. The number of nitro groups is 1. The van der Waals surface area contributed by atoms with Gasteiger partial charge in [-0.1, -0.05) is 0 Å². The van der Waals surface area contributed by atoms with Crippen molar-refractivity contribution in [3.63, 3.8) is 0 Å². The van der Waals surface area contributed by atoms with Crippen molar-refractivity contribution >= 4 is 11.7 Å². The van der Waals surface area contributed by atoms with E-state index < -0.39 is 17.0 Å². The van der Waals surface area contributed by atoms with Gasteiger partial charge in [0.2, 0.25) is 0 Å². The molecule has 0 N–H and O–H groups in total. The summed E-state index contributed by atoms with van der Waals surface area (Å²) in [6, 6.07) is 4.45. The Morgan fingerprint density at radius 1 is 1.47 bits per heavy atom. The van der Waals surface area contributed by atoms with Gasteiger partial charge < -0.3 is 9.47 Å². The number of nitrogens with zero attached hydrogens (tertiary/aromatic N) is 1. The van der Waals surface area contributed by atoms with Gasteiger partial charge in [0, 0.05) is 17.5 Å². The topological polar surface area (TPSA) is 78.7 Å². The molecule has 1 aliphatic rings. The van der Waals surface area contributed by atoms with Crippen LogP contribution in [0.5, 0.6) is 5.75 Å². The maximum absolute atomic E-state index is 11.6. The lowest BCUT2D eigenvalue weighted by Crippen LogP contribution is -2.30. The Hall–Kier alpha value is -2.11. The van der Waals surface area contributed by atoms with Gasteiger partial charge in [0.15, 0.2) is 6.10 Å². The van der Waals surface area contributed by atoms with E-state index in [0.717, 1.165) is 12.8 Å². The predicted octanol–water partition coefficient (Wildman–Crippen LogP) is 2.23. The molecule has 19 heavy (non-hydrogen) atoms.